The molecule has 1 heterocycles. The number of carboxylic acids is 1. The van der Waals surface area contributed by atoms with E-state index < -0.39 is 11.6 Å². The summed E-state index contributed by atoms with van der Waals surface area (Å²) in [5.74, 6) is -0.925. The number of anilines is 1. The molecule has 6 nitrogen and oxygen atoms in total. The number of rotatable bonds is 4. The molecule has 1 aromatic carbocycles. The summed E-state index contributed by atoms with van der Waals surface area (Å²) in [5, 5.41) is 9.04. The van der Waals surface area contributed by atoms with Gasteiger partial charge in [-0.15, -0.1) is 0 Å². The van der Waals surface area contributed by atoms with Crippen molar-refractivity contribution in [2.24, 2.45) is 0 Å². The van der Waals surface area contributed by atoms with E-state index in [1.807, 2.05) is 32.9 Å². The maximum absolute atomic E-state index is 12.3. The smallest absolute Gasteiger partial charge is 0.410 e. The molecule has 1 N–H and O–H groups in total. The fourth-order valence-electron chi connectivity index (χ4n) is 3.06. The van der Waals surface area contributed by atoms with Gasteiger partial charge in [-0.1, -0.05) is 13.3 Å². The Labute approximate surface area is 149 Å². The molecule has 0 spiro atoms. The topological polar surface area (TPSA) is 70.1 Å². The zero-order valence-corrected chi connectivity index (χ0v) is 15.5. The predicted molar refractivity (Wildman–Crippen MR) is 97.3 cm³/mol. The molecule has 25 heavy (non-hydrogen) atoms. The van der Waals surface area contributed by atoms with Gasteiger partial charge >= 0.3 is 12.1 Å². The van der Waals surface area contributed by atoms with Crippen molar-refractivity contribution < 1.29 is 19.4 Å². The van der Waals surface area contributed by atoms with E-state index in [-0.39, 0.29) is 17.7 Å². The number of benzene rings is 1. The SMILES string of the molecule is CCC[C@@H]1CN(C(=O)OC(C)(C)C)CCN1c1ccc(C(=O)O)cc1. The molecule has 1 aliphatic heterocycles. The van der Waals surface area contributed by atoms with E-state index in [1.165, 1.54) is 0 Å². The van der Waals surface area contributed by atoms with Crippen LogP contribution in [-0.4, -0.2) is 53.3 Å². The Morgan fingerprint density at radius 3 is 2.36 bits per heavy atom. The Hall–Kier alpha value is -2.24. The van der Waals surface area contributed by atoms with E-state index in [4.69, 9.17) is 9.84 Å². The minimum absolute atomic E-state index is 0.196. The number of hydrogen-bond donors (Lipinski definition) is 1. The largest absolute Gasteiger partial charge is 0.478 e. The number of hydrogen-bond acceptors (Lipinski definition) is 4. The number of aromatic carboxylic acids is 1. The molecular formula is C19H28N2O4. The molecule has 0 bridgehead atoms. The number of nitrogens with zero attached hydrogens (tertiary/aromatic N) is 2. The summed E-state index contributed by atoms with van der Waals surface area (Å²) in [7, 11) is 0. The minimum Gasteiger partial charge on any atom is -0.478 e. The summed E-state index contributed by atoms with van der Waals surface area (Å²) in [4.78, 5) is 27.4. The molecule has 1 amide bonds. The monoisotopic (exact) mass is 348 g/mol. The first kappa shape index (κ1) is 19.1. The highest BCUT2D eigenvalue weighted by Crippen LogP contribution is 2.24. The van der Waals surface area contributed by atoms with Gasteiger partial charge in [0.2, 0.25) is 0 Å². The lowest BCUT2D eigenvalue weighted by Crippen LogP contribution is -2.55. The predicted octanol–water partition coefficient (Wildman–Crippen LogP) is 3.61. The highest BCUT2D eigenvalue weighted by molar-refractivity contribution is 5.88. The van der Waals surface area contributed by atoms with E-state index in [1.54, 1.807) is 17.0 Å². The van der Waals surface area contributed by atoms with Gasteiger partial charge in [-0.3, -0.25) is 0 Å². The highest BCUT2D eigenvalue weighted by atomic mass is 16.6. The molecule has 1 atom stereocenters. The summed E-state index contributed by atoms with van der Waals surface area (Å²) in [6, 6.07) is 7.13. The maximum Gasteiger partial charge on any atom is 0.410 e. The molecule has 0 unspecified atom stereocenters. The highest BCUT2D eigenvalue weighted by Gasteiger charge is 2.31. The van der Waals surface area contributed by atoms with Gasteiger partial charge in [-0.25, -0.2) is 9.59 Å². The van der Waals surface area contributed by atoms with Crippen LogP contribution in [-0.2, 0) is 4.74 Å². The zero-order chi connectivity index (χ0) is 18.6. The van der Waals surface area contributed by atoms with Crippen LogP contribution in [0.3, 0.4) is 0 Å². The Morgan fingerprint density at radius 2 is 1.84 bits per heavy atom. The lowest BCUT2D eigenvalue weighted by Gasteiger charge is -2.43. The summed E-state index contributed by atoms with van der Waals surface area (Å²) < 4.78 is 5.49. The molecule has 1 fully saturated rings. The van der Waals surface area contributed by atoms with Crippen molar-refractivity contribution in [2.75, 3.05) is 24.5 Å². The van der Waals surface area contributed by atoms with Crippen LogP contribution in [0.1, 0.15) is 50.9 Å². The average Bonchev–Trinajstić information content (AvgIpc) is 2.53. The van der Waals surface area contributed by atoms with Crippen LogP contribution < -0.4 is 4.90 Å². The fourth-order valence-corrected chi connectivity index (χ4v) is 3.06. The van der Waals surface area contributed by atoms with E-state index in [2.05, 4.69) is 11.8 Å². The van der Waals surface area contributed by atoms with Crippen LogP contribution in [0.5, 0.6) is 0 Å². The number of carbonyl (C=O) groups excluding carboxylic acids is 1. The van der Waals surface area contributed by atoms with Crippen molar-refractivity contribution in [3.8, 4) is 0 Å². The van der Waals surface area contributed by atoms with Gasteiger partial charge in [-0.2, -0.15) is 0 Å². The summed E-state index contributed by atoms with van der Waals surface area (Å²) in [6.45, 7) is 9.64. The molecule has 1 aromatic rings. The maximum atomic E-state index is 12.3. The van der Waals surface area contributed by atoms with Crippen LogP contribution >= 0.6 is 0 Å². The van der Waals surface area contributed by atoms with Crippen molar-refractivity contribution in [3.63, 3.8) is 0 Å². The molecule has 1 aliphatic rings. The Balaban J connectivity index is 2.11. The summed E-state index contributed by atoms with van der Waals surface area (Å²) in [6.07, 6.45) is 1.70. The fraction of sp³-hybridized carbons (Fsp3) is 0.579. The third kappa shape index (κ3) is 5.11. The van der Waals surface area contributed by atoms with Crippen LogP contribution in [0, 0.1) is 0 Å². The lowest BCUT2D eigenvalue weighted by molar-refractivity contribution is 0.0211. The number of carboxylic acid groups (broad SMARTS) is 1. The van der Waals surface area contributed by atoms with Gasteiger partial charge in [0.05, 0.1) is 5.56 Å². The van der Waals surface area contributed by atoms with Gasteiger partial charge in [0.15, 0.2) is 0 Å². The zero-order valence-electron chi connectivity index (χ0n) is 15.5. The number of piperazine rings is 1. The first-order valence-corrected chi connectivity index (χ1v) is 8.79. The third-order valence-corrected chi connectivity index (χ3v) is 4.20. The van der Waals surface area contributed by atoms with E-state index in [0.717, 1.165) is 18.5 Å². The van der Waals surface area contributed by atoms with Crippen molar-refractivity contribution >= 4 is 17.7 Å². The summed E-state index contributed by atoms with van der Waals surface area (Å²) >= 11 is 0. The second kappa shape index (κ2) is 7.76. The average molecular weight is 348 g/mol. The van der Waals surface area contributed by atoms with E-state index >= 15 is 0 Å². The van der Waals surface area contributed by atoms with Crippen molar-refractivity contribution in [3.05, 3.63) is 29.8 Å². The normalized spacial score (nSPS) is 18.2. The molecule has 0 aliphatic carbocycles. The minimum atomic E-state index is -0.925. The van der Waals surface area contributed by atoms with Gasteiger partial charge < -0.3 is 19.6 Å². The Bertz CT molecular complexity index is 607. The molecule has 1 saturated heterocycles. The second-order valence-corrected chi connectivity index (χ2v) is 7.41. The Kier molecular flexibility index (Phi) is 5.93. The molecule has 0 saturated carbocycles. The molecule has 2 rings (SSSR count). The van der Waals surface area contributed by atoms with Crippen molar-refractivity contribution in [2.45, 2.75) is 52.2 Å². The van der Waals surface area contributed by atoms with Crippen molar-refractivity contribution in [1.82, 2.24) is 4.90 Å². The Morgan fingerprint density at radius 1 is 1.20 bits per heavy atom. The molecule has 0 aromatic heterocycles. The third-order valence-electron chi connectivity index (χ3n) is 4.20. The van der Waals surface area contributed by atoms with E-state index in [0.29, 0.717) is 19.6 Å². The van der Waals surface area contributed by atoms with Gasteiger partial charge in [0, 0.05) is 31.4 Å². The standard InChI is InChI=1S/C19H28N2O4/c1-5-6-16-13-20(18(24)25-19(2,3)4)11-12-21(16)15-9-7-14(8-10-15)17(22)23/h7-10,16H,5-6,11-13H2,1-4H3,(H,22,23)/t16-/m1/s1. The first-order chi connectivity index (χ1) is 11.7. The van der Waals surface area contributed by atoms with Gasteiger partial charge in [0.1, 0.15) is 5.60 Å². The lowest BCUT2D eigenvalue weighted by atomic mass is 10.0. The molecule has 6 heteroatoms. The molecular weight excluding hydrogens is 320 g/mol. The van der Waals surface area contributed by atoms with Gasteiger partial charge in [-0.05, 0) is 51.5 Å². The van der Waals surface area contributed by atoms with Crippen LogP contribution in [0.25, 0.3) is 0 Å². The summed E-state index contributed by atoms with van der Waals surface area (Å²) in [5.41, 5.74) is 0.775. The van der Waals surface area contributed by atoms with Crippen molar-refractivity contribution in [1.29, 1.82) is 0 Å². The van der Waals surface area contributed by atoms with Crippen LogP contribution in [0.4, 0.5) is 10.5 Å². The van der Waals surface area contributed by atoms with E-state index in [9.17, 15) is 9.59 Å². The number of amides is 1. The molecule has 138 valence electrons. The number of carbonyl (C=O) groups is 2. The van der Waals surface area contributed by atoms with Crippen LogP contribution in [0.15, 0.2) is 24.3 Å². The molecule has 0 radical (unpaired) electrons. The number of ether oxygens (including phenoxy) is 1. The quantitative estimate of drug-likeness (QED) is 0.900. The first-order valence-electron chi connectivity index (χ1n) is 8.79. The van der Waals surface area contributed by atoms with Crippen LogP contribution in [0.2, 0.25) is 0 Å². The second-order valence-electron chi connectivity index (χ2n) is 7.41. The van der Waals surface area contributed by atoms with Gasteiger partial charge in [0.25, 0.3) is 0 Å².